The van der Waals surface area contributed by atoms with E-state index in [9.17, 15) is 14.4 Å². The van der Waals surface area contributed by atoms with Gasteiger partial charge in [0.1, 0.15) is 5.78 Å². The van der Waals surface area contributed by atoms with E-state index in [0.717, 1.165) is 40.9 Å². The smallest absolute Gasteiger partial charge is 0.224 e. The maximum atomic E-state index is 13.3. The molecule has 1 aliphatic carbocycles. The maximum absolute atomic E-state index is 13.3. The molecule has 0 unspecified atom stereocenters. The van der Waals surface area contributed by atoms with Crippen molar-refractivity contribution in [2.24, 2.45) is 11.8 Å². The molecule has 1 fully saturated rings. The van der Waals surface area contributed by atoms with E-state index >= 15 is 0 Å². The zero-order chi connectivity index (χ0) is 23.1. The van der Waals surface area contributed by atoms with Gasteiger partial charge in [0.15, 0.2) is 5.78 Å². The van der Waals surface area contributed by atoms with Crippen LogP contribution in [0.4, 0.5) is 0 Å². The largest absolute Gasteiger partial charge is 0.353 e. The fourth-order valence-corrected chi connectivity index (χ4v) is 5.83. The molecule has 0 bridgehead atoms. The molecule has 1 aliphatic rings. The van der Waals surface area contributed by atoms with Crippen molar-refractivity contribution in [1.82, 2.24) is 10.3 Å². The molecule has 3 rings (SSSR count). The number of Topliss-reactive ketones (excluding diaryl/α,β-unsaturated/α-hetero) is 1. The molecule has 32 heavy (non-hydrogen) atoms. The molecule has 1 amide bonds. The van der Waals surface area contributed by atoms with E-state index in [4.69, 9.17) is 11.6 Å². The highest BCUT2D eigenvalue weighted by molar-refractivity contribution is 7.18. The summed E-state index contributed by atoms with van der Waals surface area (Å²) in [5.74, 6) is -0.268. The number of carbonyl (C=O) groups is 3. The van der Waals surface area contributed by atoms with Gasteiger partial charge < -0.3 is 10.1 Å². The lowest BCUT2D eigenvalue weighted by Crippen LogP contribution is -2.44. The van der Waals surface area contributed by atoms with Gasteiger partial charge in [-0.3, -0.25) is 9.59 Å². The third kappa shape index (κ3) is 6.97. The molecule has 1 heterocycles. The molecule has 1 saturated carbocycles. The average Bonchev–Trinajstić information content (AvgIpc) is 3.17. The quantitative estimate of drug-likeness (QED) is 0.424. The molecule has 0 spiro atoms. The van der Waals surface area contributed by atoms with Gasteiger partial charge in [-0.25, -0.2) is 4.98 Å². The first kappa shape index (κ1) is 24.6. The summed E-state index contributed by atoms with van der Waals surface area (Å²) in [6, 6.07) is 5.48. The number of ketones is 2. The van der Waals surface area contributed by atoms with Crippen LogP contribution < -0.4 is 5.32 Å². The second-order valence-corrected chi connectivity index (χ2v) is 10.3. The van der Waals surface area contributed by atoms with Crippen LogP contribution in [0.5, 0.6) is 0 Å². The predicted octanol–water partition coefficient (Wildman–Crippen LogP) is 5.69. The predicted molar refractivity (Wildman–Crippen MR) is 130 cm³/mol. The van der Waals surface area contributed by atoms with E-state index in [0.29, 0.717) is 30.2 Å². The summed E-state index contributed by atoms with van der Waals surface area (Å²) in [6.45, 7) is 5.07. The molecule has 5 nitrogen and oxygen atoms in total. The Morgan fingerprint density at radius 2 is 2.03 bits per heavy atom. The van der Waals surface area contributed by atoms with Crippen LogP contribution in [-0.4, -0.2) is 28.5 Å². The highest BCUT2D eigenvalue weighted by Crippen LogP contribution is 2.30. The summed E-state index contributed by atoms with van der Waals surface area (Å²) in [5.41, 5.74) is 0.847. The van der Waals surface area contributed by atoms with Gasteiger partial charge in [-0.15, -0.1) is 11.3 Å². The number of hydrogen-bond acceptors (Lipinski definition) is 5. The summed E-state index contributed by atoms with van der Waals surface area (Å²) in [6.07, 6.45) is 8.54. The number of nitrogens with zero attached hydrogens (tertiary/aromatic N) is 1. The van der Waals surface area contributed by atoms with Gasteiger partial charge >= 0.3 is 0 Å². The number of benzene rings is 1. The van der Waals surface area contributed by atoms with Gasteiger partial charge in [-0.1, -0.05) is 37.4 Å². The molecule has 1 aromatic heterocycles. The summed E-state index contributed by atoms with van der Waals surface area (Å²) < 4.78 is 0.970. The van der Waals surface area contributed by atoms with Gasteiger partial charge in [0.2, 0.25) is 5.91 Å². The number of allylic oxidation sites excluding steroid dienone is 1. The van der Waals surface area contributed by atoms with Crippen LogP contribution in [0.2, 0.25) is 5.02 Å². The Bertz CT molecular complexity index is 981. The van der Waals surface area contributed by atoms with Crippen molar-refractivity contribution < 1.29 is 14.4 Å². The van der Waals surface area contributed by atoms with Crippen molar-refractivity contribution in [1.29, 1.82) is 0 Å². The van der Waals surface area contributed by atoms with Crippen molar-refractivity contribution in [3.63, 3.8) is 0 Å². The normalized spacial score (nSPS) is 16.4. The van der Waals surface area contributed by atoms with Crippen LogP contribution in [0.15, 0.2) is 30.9 Å². The topological polar surface area (TPSA) is 76.1 Å². The van der Waals surface area contributed by atoms with Crippen molar-refractivity contribution in [3.8, 4) is 0 Å². The Morgan fingerprint density at radius 3 is 2.72 bits per heavy atom. The molecule has 2 aromatic rings. The molecule has 0 radical (unpaired) electrons. The minimum Gasteiger partial charge on any atom is -0.353 e. The first-order chi connectivity index (χ1) is 15.4. The van der Waals surface area contributed by atoms with E-state index in [1.807, 2.05) is 12.1 Å². The number of hydrogen-bond donors (Lipinski definition) is 1. The molecule has 172 valence electrons. The third-order valence-electron chi connectivity index (χ3n) is 6.20. The summed E-state index contributed by atoms with van der Waals surface area (Å²) in [5, 5.41) is 4.68. The van der Waals surface area contributed by atoms with Gasteiger partial charge in [0, 0.05) is 30.3 Å². The van der Waals surface area contributed by atoms with E-state index < -0.39 is 5.92 Å². The molecular weight excluding hydrogens is 444 g/mol. The number of aromatic nitrogens is 1. The second kappa shape index (κ2) is 11.7. The monoisotopic (exact) mass is 474 g/mol. The minimum absolute atomic E-state index is 0.00604. The van der Waals surface area contributed by atoms with Crippen LogP contribution in [0.25, 0.3) is 10.2 Å². The summed E-state index contributed by atoms with van der Waals surface area (Å²) >= 11 is 7.59. The number of carbonyl (C=O) groups excluding carboxylic acids is 3. The molecule has 1 aromatic carbocycles. The van der Waals surface area contributed by atoms with E-state index in [-0.39, 0.29) is 29.9 Å². The van der Waals surface area contributed by atoms with Crippen LogP contribution >= 0.6 is 22.9 Å². The number of fused-ring (bicyclic) bond motifs is 1. The number of nitrogens with one attached hydrogen (secondary N) is 1. The van der Waals surface area contributed by atoms with E-state index in [1.54, 1.807) is 6.07 Å². The van der Waals surface area contributed by atoms with E-state index in [2.05, 4.69) is 16.9 Å². The van der Waals surface area contributed by atoms with Crippen LogP contribution in [0.1, 0.15) is 63.3 Å². The molecule has 2 atom stereocenters. The fraction of sp³-hybridized carbons (Fsp3) is 0.520. The standard InChI is InChI=1S/C25H31ClN2O3S/c1-3-20(30)10-12-21(17-7-5-4-6-8-17)28-25(31)18(13-16(2)29)14-24-27-22-11-9-19(26)15-23(22)32-24/h3,9,11,15,17-18,21H,1,4-8,10,12-14H2,2H3,(H,28,31)/t18-,21+/m0/s1. The van der Waals surface area contributed by atoms with Gasteiger partial charge in [0.25, 0.3) is 0 Å². The molecular formula is C25H31ClN2O3S. The lowest BCUT2D eigenvalue weighted by Gasteiger charge is -2.32. The van der Waals surface area contributed by atoms with Crippen molar-refractivity contribution in [2.45, 2.75) is 70.8 Å². The number of halogens is 1. The zero-order valence-electron chi connectivity index (χ0n) is 18.6. The molecule has 1 N–H and O–H groups in total. The lowest BCUT2D eigenvalue weighted by atomic mass is 9.81. The average molecular weight is 475 g/mol. The van der Waals surface area contributed by atoms with Crippen molar-refractivity contribution >= 4 is 50.6 Å². The maximum Gasteiger partial charge on any atom is 0.224 e. The van der Waals surface area contributed by atoms with Crippen LogP contribution in [0, 0.1) is 11.8 Å². The highest BCUT2D eigenvalue weighted by atomic mass is 35.5. The lowest BCUT2D eigenvalue weighted by molar-refractivity contribution is -0.130. The Morgan fingerprint density at radius 1 is 1.28 bits per heavy atom. The van der Waals surface area contributed by atoms with Gasteiger partial charge in [-0.2, -0.15) is 0 Å². The third-order valence-corrected chi connectivity index (χ3v) is 7.47. The Hall–Kier alpha value is -2.05. The number of amides is 1. The Balaban J connectivity index is 1.74. The highest BCUT2D eigenvalue weighted by Gasteiger charge is 2.29. The van der Waals surface area contributed by atoms with Gasteiger partial charge in [0.05, 0.1) is 21.1 Å². The molecule has 0 saturated heterocycles. The van der Waals surface area contributed by atoms with Crippen molar-refractivity contribution in [2.75, 3.05) is 0 Å². The second-order valence-electron chi connectivity index (χ2n) is 8.75. The first-order valence-corrected chi connectivity index (χ1v) is 12.5. The summed E-state index contributed by atoms with van der Waals surface area (Å²) in [4.78, 5) is 41.7. The van der Waals surface area contributed by atoms with E-state index in [1.165, 1.54) is 30.8 Å². The van der Waals surface area contributed by atoms with Crippen LogP contribution in [-0.2, 0) is 20.8 Å². The van der Waals surface area contributed by atoms with Crippen LogP contribution in [0.3, 0.4) is 0 Å². The summed E-state index contributed by atoms with van der Waals surface area (Å²) in [7, 11) is 0. The SMILES string of the molecule is C=CC(=O)CC[C@@H](NC(=O)[C@@H](CC(C)=O)Cc1nc2ccc(Cl)cc2s1)C1CCCCC1. The van der Waals surface area contributed by atoms with Gasteiger partial charge in [-0.05, 0) is 56.4 Å². The minimum atomic E-state index is -0.482. The first-order valence-electron chi connectivity index (χ1n) is 11.4. The zero-order valence-corrected chi connectivity index (χ0v) is 20.1. The Labute approximate surface area is 198 Å². The Kier molecular flexibility index (Phi) is 9.00. The number of rotatable bonds is 11. The number of thiazole rings is 1. The fourth-order valence-electron chi connectivity index (χ4n) is 4.51. The molecule has 7 heteroatoms. The van der Waals surface area contributed by atoms with Crippen molar-refractivity contribution in [3.05, 3.63) is 40.9 Å². The molecule has 0 aliphatic heterocycles.